The van der Waals surface area contributed by atoms with Crippen LogP contribution < -0.4 is 10.6 Å². The van der Waals surface area contributed by atoms with Crippen molar-refractivity contribution in [3.05, 3.63) is 35.9 Å². The first kappa shape index (κ1) is 30.8. The van der Waals surface area contributed by atoms with E-state index >= 15 is 0 Å². The predicted molar refractivity (Wildman–Crippen MR) is 143 cm³/mol. The number of unbranched alkanes of at least 4 members (excludes halogenated alkanes) is 4. The molecule has 0 aliphatic heterocycles. The molecule has 1 aromatic carbocycles. The van der Waals surface area contributed by atoms with Crippen molar-refractivity contribution in [1.29, 1.82) is 0 Å². The number of hydrogen-bond donors (Lipinski definition) is 3. The molecule has 3 N–H and O–H groups in total. The van der Waals surface area contributed by atoms with Gasteiger partial charge in [-0.25, -0.2) is 4.79 Å². The highest BCUT2D eigenvalue weighted by atomic mass is 35.5. The Balaban J connectivity index is 1.98. The first-order valence-corrected chi connectivity index (χ1v) is 14.0. The molecule has 0 bridgehead atoms. The van der Waals surface area contributed by atoms with Gasteiger partial charge in [0.15, 0.2) is 0 Å². The molecule has 2 rings (SSSR count). The lowest BCUT2D eigenvalue weighted by molar-refractivity contribution is -0.149. The fourth-order valence-electron chi connectivity index (χ4n) is 4.34. The van der Waals surface area contributed by atoms with Crippen molar-refractivity contribution in [2.75, 3.05) is 26.8 Å². The largest absolute Gasteiger partial charge is 0.464 e. The van der Waals surface area contributed by atoms with Crippen LogP contribution in [-0.2, 0) is 25.5 Å². The number of benzene rings is 1. The van der Waals surface area contributed by atoms with Gasteiger partial charge in [-0.05, 0) is 44.8 Å². The number of halogens is 2. The van der Waals surface area contributed by atoms with Crippen molar-refractivity contribution in [2.45, 2.75) is 87.3 Å². The Bertz CT molecular complexity index is 770. The third-order valence-corrected chi connectivity index (χ3v) is 7.42. The molecule has 0 spiro atoms. The Labute approximate surface area is 225 Å². The van der Waals surface area contributed by atoms with Crippen LogP contribution in [0.15, 0.2) is 30.3 Å². The zero-order valence-electron chi connectivity index (χ0n) is 21.5. The number of hydrogen-bond acceptors (Lipinski definition) is 6. The third-order valence-electron chi connectivity index (χ3n) is 6.48. The van der Waals surface area contributed by atoms with E-state index in [1.54, 1.807) is 0 Å². The highest BCUT2D eigenvalue weighted by molar-refractivity contribution is 6.25. The van der Waals surface area contributed by atoms with Gasteiger partial charge in [0, 0.05) is 13.0 Å². The summed E-state index contributed by atoms with van der Waals surface area (Å²) in [4.78, 5) is 26.1. The van der Waals surface area contributed by atoms with E-state index in [0.717, 1.165) is 50.6 Å². The van der Waals surface area contributed by atoms with Crippen LogP contribution in [0.3, 0.4) is 0 Å². The van der Waals surface area contributed by atoms with Crippen LogP contribution in [0.4, 0.5) is 0 Å². The molecule has 5 unspecified atom stereocenters. The van der Waals surface area contributed by atoms with Gasteiger partial charge < -0.3 is 25.2 Å². The van der Waals surface area contributed by atoms with E-state index in [1.807, 2.05) is 37.4 Å². The lowest BCUT2D eigenvalue weighted by Crippen LogP contribution is -2.56. The topological polar surface area (TPSA) is 96.9 Å². The van der Waals surface area contributed by atoms with E-state index in [-0.39, 0.29) is 12.8 Å². The number of carbonyl (C=O) groups excluding carboxylic acids is 2. The van der Waals surface area contributed by atoms with Crippen LogP contribution in [0.5, 0.6) is 0 Å². The molecule has 0 aromatic heterocycles. The fourth-order valence-corrected chi connectivity index (χ4v) is 5.26. The normalized spacial score (nSPS) is 24.8. The summed E-state index contributed by atoms with van der Waals surface area (Å²) in [6.07, 6.45) is 4.52. The SMILES string of the molecule is CCCCCCOC(=O)[C@H](Cc1ccccc1)NC(=O)C1CC(Cl)C(OCCCCNC)C(Cl)C1O. The summed E-state index contributed by atoms with van der Waals surface area (Å²) in [7, 11) is 1.89. The van der Waals surface area contributed by atoms with Gasteiger partial charge in [-0.3, -0.25) is 4.79 Å². The smallest absolute Gasteiger partial charge is 0.328 e. The average Bonchev–Trinajstić information content (AvgIpc) is 2.87. The number of amides is 1. The summed E-state index contributed by atoms with van der Waals surface area (Å²) in [6, 6.07) is 8.56. The molecule has 0 heterocycles. The van der Waals surface area contributed by atoms with Gasteiger partial charge in [-0.2, -0.15) is 0 Å². The molecule has 36 heavy (non-hydrogen) atoms. The van der Waals surface area contributed by atoms with Crippen LogP contribution in [0.25, 0.3) is 0 Å². The maximum absolute atomic E-state index is 13.2. The monoisotopic (exact) mass is 544 g/mol. The maximum Gasteiger partial charge on any atom is 0.328 e. The Hall–Kier alpha value is -1.38. The second-order valence-corrected chi connectivity index (χ2v) is 10.5. The van der Waals surface area contributed by atoms with E-state index in [2.05, 4.69) is 17.6 Å². The van der Waals surface area contributed by atoms with Gasteiger partial charge in [-0.15, -0.1) is 23.2 Å². The Morgan fingerprint density at radius 3 is 2.50 bits per heavy atom. The number of aliphatic hydroxyl groups is 1. The number of carbonyl (C=O) groups is 2. The molecule has 1 aliphatic carbocycles. The summed E-state index contributed by atoms with van der Waals surface area (Å²) in [5.74, 6) is -1.80. The summed E-state index contributed by atoms with van der Waals surface area (Å²) in [5.41, 5.74) is 0.895. The molecule has 1 saturated carbocycles. The van der Waals surface area contributed by atoms with Crippen LogP contribution >= 0.6 is 23.2 Å². The molecule has 1 amide bonds. The van der Waals surface area contributed by atoms with Crippen LogP contribution in [-0.4, -0.2) is 72.8 Å². The Morgan fingerprint density at radius 1 is 1.08 bits per heavy atom. The first-order valence-electron chi connectivity index (χ1n) is 13.1. The lowest BCUT2D eigenvalue weighted by atomic mass is 9.83. The van der Waals surface area contributed by atoms with Gasteiger partial charge in [0.05, 0.1) is 35.5 Å². The maximum atomic E-state index is 13.2. The number of esters is 1. The quantitative estimate of drug-likeness (QED) is 0.166. The van der Waals surface area contributed by atoms with E-state index < -0.39 is 46.8 Å². The van der Waals surface area contributed by atoms with Gasteiger partial charge in [-0.1, -0.05) is 56.5 Å². The van der Waals surface area contributed by atoms with Crippen molar-refractivity contribution in [3.8, 4) is 0 Å². The average molecular weight is 546 g/mol. The molecule has 1 aromatic rings. The summed E-state index contributed by atoms with van der Waals surface area (Å²) >= 11 is 13.1. The molecule has 1 fully saturated rings. The zero-order chi connectivity index (χ0) is 26.3. The van der Waals surface area contributed by atoms with Crippen LogP contribution in [0, 0.1) is 5.92 Å². The van der Waals surface area contributed by atoms with Crippen molar-refractivity contribution in [1.82, 2.24) is 10.6 Å². The minimum absolute atomic E-state index is 0.198. The van der Waals surface area contributed by atoms with Crippen molar-refractivity contribution in [2.24, 2.45) is 5.92 Å². The minimum Gasteiger partial charge on any atom is -0.464 e. The summed E-state index contributed by atoms with van der Waals surface area (Å²) in [6.45, 7) is 3.80. The summed E-state index contributed by atoms with van der Waals surface area (Å²) < 4.78 is 11.3. The molecule has 6 atom stereocenters. The number of rotatable bonds is 16. The lowest BCUT2D eigenvalue weighted by Gasteiger charge is -2.39. The molecule has 1 aliphatic rings. The van der Waals surface area contributed by atoms with Crippen molar-refractivity contribution >= 4 is 35.1 Å². The number of aliphatic hydroxyl groups excluding tert-OH is 1. The van der Waals surface area contributed by atoms with E-state index in [9.17, 15) is 14.7 Å². The predicted octanol–water partition coefficient (Wildman–Crippen LogP) is 3.82. The third kappa shape index (κ3) is 10.2. The van der Waals surface area contributed by atoms with Crippen LogP contribution in [0.1, 0.15) is 57.4 Å². The second kappa shape index (κ2) is 17.2. The molecular formula is C27H42Cl2N2O5. The molecular weight excluding hydrogens is 503 g/mol. The number of nitrogens with one attached hydrogen (secondary N) is 2. The number of alkyl halides is 2. The van der Waals surface area contributed by atoms with Crippen LogP contribution in [0.2, 0.25) is 0 Å². The molecule has 0 radical (unpaired) electrons. The second-order valence-electron chi connectivity index (χ2n) is 9.42. The fraction of sp³-hybridized carbons (Fsp3) is 0.704. The standard InChI is InChI=1S/C27H42Cl2N2O5/c1-3-4-5-10-16-36-27(34)22(17-19-12-7-6-8-13-19)31-26(33)20-18-21(28)25(23(29)24(20)32)35-15-11-9-14-30-2/h6-8,12-13,20-25,30,32H,3-5,9-11,14-18H2,1-2H3,(H,31,33)/t20?,21?,22-,23?,24?,25?/m0/s1. The van der Waals surface area contributed by atoms with E-state index in [0.29, 0.717) is 13.2 Å². The Morgan fingerprint density at radius 2 is 1.81 bits per heavy atom. The molecule has 0 saturated heterocycles. The van der Waals surface area contributed by atoms with Gasteiger partial charge in [0.1, 0.15) is 6.04 Å². The summed E-state index contributed by atoms with van der Waals surface area (Å²) in [5, 5.41) is 15.4. The highest BCUT2D eigenvalue weighted by Crippen LogP contribution is 2.34. The molecule has 204 valence electrons. The van der Waals surface area contributed by atoms with Gasteiger partial charge in [0.25, 0.3) is 0 Å². The first-order chi connectivity index (χ1) is 17.4. The number of ether oxygens (including phenoxy) is 2. The van der Waals surface area contributed by atoms with Gasteiger partial charge >= 0.3 is 5.97 Å². The molecule has 9 heteroatoms. The van der Waals surface area contributed by atoms with E-state index in [4.69, 9.17) is 32.7 Å². The minimum atomic E-state index is -1.15. The van der Waals surface area contributed by atoms with Gasteiger partial charge in [0.2, 0.25) is 5.91 Å². The Kier molecular flexibility index (Phi) is 14.7. The van der Waals surface area contributed by atoms with Crippen molar-refractivity contribution < 1.29 is 24.2 Å². The van der Waals surface area contributed by atoms with E-state index in [1.165, 1.54) is 0 Å². The zero-order valence-corrected chi connectivity index (χ0v) is 23.0. The molecule has 7 nitrogen and oxygen atoms in total. The van der Waals surface area contributed by atoms with Crippen molar-refractivity contribution in [3.63, 3.8) is 0 Å². The highest BCUT2D eigenvalue weighted by Gasteiger charge is 2.46.